The number of nitrogens with zero attached hydrogens (tertiary/aromatic N) is 4. The molecule has 0 unspecified atom stereocenters. The summed E-state index contributed by atoms with van der Waals surface area (Å²) in [7, 11) is 0. The second-order valence-electron chi connectivity index (χ2n) is 2.60. The van der Waals surface area contributed by atoms with Gasteiger partial charge in [0.2, 0.25) is 5.28 Å². The van der Waals surface area contributed by atoms with E-state index in [1.165, 1.54) is 4.52 Å². The summed E-state index contributed by atoms with van der Waals surface area (Å²) in [6.45, 7) is 1.84. The molecule has 0 atom stereocenters. The number of carbonyl (C=O) groups excluding carboxylic acids is 1. The monoisotopic (exact) mass is 322 g/mol. The lowest BCUT2D eigenvalue weighted by molar-refractivity contribution is 0.111. The Morgan fingerprint density at radius 2 is 2.21 bits per heavy atom. The average molecular weight is 322 g/mol. The minimum absolute atomic E-state index is 0.0697. The first-order valence-corrected chi connectivity index (χ1v) is 5.12. The molecule has 0 saturated carbocycles. The van der Waals surface area contributed by atoms with Crippen molar-refractivity contribution >= 4 is 46.1 Å². The number of aromatic nitrogens is 4. The van der Waals surface area contributed by atoms with Crippen LogP contribution in [0.2, 0.25) is 5.28 Å². The number of fused-ring (bicyclic) bond motifs is 1. The van der Waals surface area contributed by atoms with Crippen LogP contribution in [-0.2, 0) is 0 Å². The molecule has 0 aliphatic heterocycles. The Bertz CT molecular complexity index is 524. The predicted molar refractivity (Wildman–Crippen MR) is 58.6 cm³/mol. The summed E-state index contributed by atoms with van der Waals surface area (Å²) in [5.74, 6) is 0.0697. The van der Waals surface area contributed by atoms with Gasteiger partial charge in [0.05, 0.1) is 9.26 Å². The summed E-state index contributed by atoms with van der Waals surface area (Å²) in [5.41, 5.74) is 1.37. The third-order valence-corrected chi connectivity index (χ3v) is 3.18. The number of hydrogen-bond donors (Lipinski definition) is 0. The third kappa shape index (κ3) is 1.38. The summed E-state index contributed by atoms with van der Waals surface area (Å²) in [5, 5.41) is 4.27. The van der Waals surface area contributed by atoms with Crippen molar-refractivity contribution < 1.29 is 4.79 Å². The quantitative estimate of drug-likeness (QED) is 0.590. The first kappa shape index (κ1) is 9.78. The van der Waals surface area contributed by atoms with Crippen molar-refractivity contribution in [2.45, 2.75) is 6.92 Å². The molecule has 14 heavy (non-hydrogen) atoms. The lowest BCUT2D eigenvalue weighted by atomic mass is 10.5. The Labute approximate surface area is 97.6 Å². The molecular formula is C7H4ClIN4O. The first-order chi connectivity index (χ1) is 6.63. The number of halogens is 2. The van der Waals surface area contributed by atoms with E-state index in [4.69, 9.17) is 11.6 Å². The van der Waals surface area contributed by atoms with E-state index in [1.54, 1.807) is 0 Å². The molecular weight excluding hydrogens is 318 g/mol. The zero-order chi connectivity index (χ0) is 10.3. The molecule has 2 rings (SSSR count). The number of aryl methyl sites for hydroxylation is 1. The van der Waals surface area contributed by atoms with Gasteiger partial charge < -0.3 is 0 Å². The molecule has 0 spiro atoms. The van der Waals surface area contributed by atoms with Crippen LogP contribution in [0.5, 0.6) is 0 Å². The van der Waals surface area contributed by atoms with E-state index in [-0.39, 0.29) is 11.1 Å². The Kier molecular flexibility index (Phi) is 2.40. The highest BCUT2D eigenvalue weighted by molar-refractivity contribution is 14.1. The van der Waals surface area contributed by atoms with Gasteiger partial charge in [-0.25, -0.2) is 4.98 Å². The first-order valence-electron chi connectivity index (χ1n) is 3.67. The van der Waals surface area contributed by atoms with Crippen LogP contribution in [0.15, 0.2) is 0 Å². The maximum atomic E-state index is 10.5. The van der Waals surface area contributed by atoms with Gasteiger partial charge in [-0.05, 0) is 41.1 Å². The molecule has 0 radical (unpaired) electrons. The number of hydrogen-bond acceptors (Lipinski definition) is 4. The van der Waals surface area contributed by atoms with Gasteiger partial charge in [-0.1, -0.05) is 0 Å². The highest BCUT2D eigenvalue weighted by Gasteiger charge is 2.12. The van der Waals surface area contributed by atoms with E-state index in [0.717, 1.165) is 9.26 Å². The van der Waals surface area contributed by atoms with Crippen molar-refractivity contribution in [1.82, 2.24) is 19.6 Å². The minimum atomic E-state index is 0.0697. The van der Waals surface area contributed by atoms with E-state index < -0.39 is 0 Å². The SMILES string of the molecule is Cc1nn2c(Cl)nc(C=O)nc2c1I. The van der Waals surface area contributed by atoms with Crippen molar-refractivity contribution in [3.05, 3.63) is 20.4 Å². The van der Waals surface area contributed by atoms with Gasteiger partial charge in [0, 0.05) is 0 Å². The van der Waals surface area contributed by atoms with Crippen LogP contribution in [-0.4, -0.2) is 25.9 Å². The molecule has 7 heteroatoms. The maximum Gasteiger partial charge on any atom is 0.227 e. The van der Waals surface area contributed by atoms with E-state index in [2.05, 4.69) is 37.7 Å². The minimum Gasteiger partial charge on any atom is -0.294 e. The zero-order valence-corrected chi connectivity index (χ0v) is 9.94. The molecule has 2 heterocycles. The van der Waals surface area contributed by atoms with Crippen LogP contribution < -0.4 is 0 Å². The third-order valence-electron chi connectivity index (χ3n) is 1.67. The van der Waals surface area contributed by atoms with Crippen molar-refractivity contribution in [2.75, 3.05) is 0 Å². The molecule has 5 nitrogen and oxygen atoms in total. The van der Waals surface area contributed by atoms with Crippen LogP contribution in [0.4, 0.5) is 0 Å². The van der Waals surface area contributed by atoms with Gasteiger partial charge in [-0.3, -0.25) is 4.79 Å². The van der Waals surface area contributed by atoms with E-state index in [9.17, 15) is 4.79 Å². The van der Waals surface area contributed by atoms with Crippen molar-refractivity contribution in [2.24, 2.45) is 0 Å². The van der Waals surface area contributed by atoms with Gasteiger partial charge in [-0.15, -0.1) is 0 Å². The number of rotatable bonds is 1. The molecule has 0 fully saturated rings. The molecule has 72 valence electrons. The molecule has 0 aliphatic rings. The van der Waals surface area contributed by atoms with Gasteiger partial charge in [0.1, 0.15) is 0 Å². The van der Waals surface area contributed by atoms with Gasteiger partial charge in [0.15, 0.2) is 17.8 Å². The van der Waals surface area contributed by atoms with Crippen LogP contribution in [0, 0.1) is 10.5 Å². The summed E-state index contributed by atoms with van der Waals surface area (Å²) in [6.07, 6.45) is 0.560. The number of aldehydes is 1. The van der Waals surface area contributed by atoms with Crippen molar-refractivity contribution in [3.8, 4) is 0 Å². The van der Waals surface area contributed by atoms with Gasteiger partial charge in [-0.2, -0.15) is 14.6 Å². The fourth-order valence-electron chi connectivity index (χ4n) is 1.05. The van der Waals surface area contributed by atoms with E-state index >= 15 is 0 Å². The molecule has 0 amide bonds. The predicted octanol–water partition coefficient (Wildman–Crippen LogP) is 1.50. The second-order valence-corrected chi connectivity index (χ2v) is 4.02. The average Bonchev–Trinajstić information content (AvgIpc) is 2.45. The van der Waals surface area contributed by atoms with Crippen LogP contribution in [0.1, 0.15) is 16.3 Å². The smallest absolute Gasteiger partial charge is 0.227 e. The topological polar surface area (TPSA) is 60.2 Å². The lowest BCUT2D eigenvalue weighted by Gasteiger charge is -1.95. The molecule has 0 aromatic carbocycles. The molecule has 2 aromatic rings. The second kappa shape index (κ2) is 3.43. The highest BCUT2D eigenvalue weighted by Crippen LogP contribution is 2.18. The lowest BCUT2D eigenvalue weighted by Crippen LogP contribution is -2.01. The maximum absolute atomic E-state index is 10.5. The van der Waals surface area contributed by atoms with Crippen LogP contribution in [0.25, 0.3) is 5.65 Å². The largest absolute Gasteiger partial charge is 0.294 e. The standard InChI is InChI=1S/C7H4ClIN4O/c1-3-5(9)6-10-4(2-14)11-7(8)13(6)12-3/h2H,1H3. The molecule has 0 aliphatic carbocycles. The van der Waals surface area contributed by atoms with Gasteiger partial charge >= 0.3 is 0 Å². The zero-order valence-electron chi connectivity index (χ0n) is 7.03. The van der Waals surface area contributed by atoms with Crippen LogP contribution >= 0.6 is 34.2 Å². The van der Waals surface area contributed by atoms with E-state index in [1.807, 2.05) is 6.92 Å². The highest BCUT2D eigenvalue weighted by atomic mass is 127. The molecule has 0 N–H and O–H groups in total. The van der Waals surface area contributed by atoms with E-state index in [0.29, 0.717) is 11.9 Å². The van der Waals surface area contributed by atoms with Crippen LogP contribution in [0.3, 0.4) is 0 Å². The fourth-order valence-corrected chi connectivity index (χ4v) is 1.71. The molecule has 0 saturated heterocycles. The summed E-state index contributed by atoms with van der Waals surface area (Å²) < 4.78 is 2.28. The molecule has 2 aromatic heterocycles. The number of carbonyl (C=O) groups is 1. The summed E-state index contributed by atoms with van der Waals surface area (Å²) in [6, 6.07) is 0. The fraction of sp³-hybridized carbons (Fsp3) is 0.143. The Morgan fingerprint density at radius 1 is 1.50 bits per heavy atom. The Hall–Kier alpha value is -0.760. The normalized spacial score (nSPS) is 10.8. The summed E-state index contributed by atoms with van der Waals surface area (Å²) >= 11 is 7.91. The van der Waals surface area contributed by atoms with Crippen molar-refractivity contribution in [1.29, 1.82) is 0 Å². The van der Waals surface area contributed by atoms with Gasteiger partial charge in [0.25, 0.3) is 0 Å². The van der Waals surface area contributed by atoms with Crippen molar-refractivity contribution in [3.63, 3.8) is 0 Å². The summed E-state index contributed by atoms with van der Waals surface area (Å²) in [4.78, 5) is 18.3. The Balaban J connectivity index is 2.90. The molecule has 0 bridgehead atoms. The Morgan fingerprint density at radius 3 is 2.86 bits per heavy atom.